The largest absolute Gasteiger partial charge is 0.488 e. The highest BCUT2D eigenvalue weighted by molar-refractivity contribution is 5.95. The number of alkyl halides is 3. The molecule has 126 valence electrons. The van der Waals surface area contributed by atoms with Crippen LogP contribution in [0.15, 0.2) is 42.6 Å². The van der Waals surface area contributed by atoms with E-state index in [0.29, 0.717) is 0 Å². The van der Waals surface area contributed by atoms with Crippen molar-refractivity contribution in [2.45, 2.75) is 25.1 Å². The van der Waals surface area contributed by atoms with Gasteiger partial charge in [-0.3, -0.25) is 9.78 Å². The molecule has 0 spiro atoms. The minimum atomic E-state index is -4.68. The first-order valence-corrected chi connectivity index (χ1v) is 7.44. The summed E-state index contributed by atoms with van der Waals surface area (Å²) in [5, 5.41) is 2.51. The summed E-state index contributed by atoms with van der Waals surface area (Å²) in [5.41, 5.74) is -0.659. The van der Waals surface area contributed by atoms with Crippen molar-refractivity contribution in [3.8, 4) is 5.75 Å². The molecule has 1 amide bonds. The Kier molecular flexibility index (Phi) is 4.17. The summed E-state index contributed by atoms with van der Waals surface area (Å²) in [7, 11) is 0. The predicted molar refractivity (Wildman–Crippen MR) is 80.8 cm³/mol. The maximum absolute atomic E-state index is 12.9. The van der Waals surface area contributed by atoms with Crippen molar-refractivity contribution in [3.05, 3.63) is 59.4 Å². The molecule has 7 heteroatoms. The third kappa shape index (κ3) is 3.06. The van der Waals surface area contributed by atoms with Gasteiger partial charge in [0.05, 0.1) is 12.1 Å². The van der Waals surface area contributed by atoms with Crippen molar-refractivity contribution >= 4 is 5.91 Å². The lowest BCUT2D eigenvalue weighted by Crippen LogP contribution is -2.36. The average Bonchev–Trinajstić information content (AvgIpc) is 2.88. The molecule has 1 aliphatic rings. The van der Waals surface area contributed by atoms with Gasteiger partial charge in [-0.15, -0.1) is 0 Å². The molecule has 24 heavy (non-hydrogen) atoms. The van der Waals surface area contributed by atoms with E-state index in [0.717, 1.165) is 23.6 Å². The number of hydrogen-bond donors (Lipinski definition) is 1. The Morgan fingerprint density at radius 2 is 2.00 bits per heavy atom. The van der Waals surface area contributed by atoms with E-state index in [1.54, 1.807) is 0 Å². The molecule has 0 bridgehead atoms. The van der Waals surface area contributed by atoms with Crippen molar-refractivity contribution < 1.29 is 22.7 Å². The Morgan fingerprint density at radius 3 is 2.71 bits per heavy atom. The summed E-state index contributed by atoms with van der Waals surface area (Å²) in [6.07, 6.45) is -3.99. The summed E-state index contributed by atoms with van der Waals surface area (Å²) in [4.78, 5) is 15.4. The smallest absolute Gasteiger partial charge is 0.434 e. The SMILES string of the molecule is C[C@@H]1c2ccccc2O[C@@H]1CNC(=O)c1cccnc1C(F)(F)F. The zero-order valence-corrected chi connectivity index (χ0v) is 12.8. The Morgan fingerprint density at radius 1 is 1.25 bits per heavy atom. The van der Waals surface area contributed by atoms with Gasteiger partial charge in [-0.2, -0.15) is 13.2 Å². The average molecular weight is 336 g/mol. The monoisotopic (exact) mass is 336 g/mol. The number of aromatic nitrogens is 1. The van der Waals surface area contributed by atoms with Crippen LogP contribution in [0.4, 0.5) is 13.2 Å². The number of nitrogens with one attached hydrogen (secondary N) is 1. The molecule has 2 aromatic rings. The first-order valence-electron chi connectivity index (χ1n) is 7.44. The number of nitrogens with zero attached hydrogens (tertiary/aromatic N) is 1. The van der Waals surface area contributed by atoms with Gasteiger partial charge in [0.1, 0.15) is 11.9 Å². The van der Waals surface area contributed by atoms with Gasteiger partial charge in [0, 0.05) is 17.7 Å². The van der Waals surface area contributed by atoms with Crippen LogP contribution in [-0.4, -0.2) is 23.5 Å². The number of halogens is 3. The molecule has 0 unspecified atom stereocenters. The number of benzene rings is 1. The third-order valence-electron chi connectivity index (χ3n) is 4.03. The van der Waals surface area contributed by atoms with Gasteiger partial charge < -0.3 is 10.1 Å². The van der Waals surface area contributed by atoms with Crippen molar-refractivity contribution in [3.63, 3.8) is 0 Å². The van der Waals surface area contributed by atoms with E-state index in [-0.39, 0.29) is 18.6 Å². The molecule has 1 aromatic heterocycles. The van der Waals surface area contributed by atoms with Crippen LogP contribution in [0.2, 0.25) is 0 Å². The lowest BCUT2D eigenvalue weighted by molar-refractivity contribution is -0.141. The standard InChI is InChI=1S/C17H15F3N2O2/c1-10-11-5-2-3-7-13(11)24-14(10)9-22-16(23)12-6-4-8-21-15(12)17(18,19)20/h2-8,10,14H,9H2,1H3,(H,22,23)/t10-,14-/m1/s1. The number of carbonyl (C=O) groups excluding carboxylic acids is 1. The second-order valence-electron chi connectivity index (χ2n) is 5.59. The number of amides is 1. The van der Waals surface area contributed by atoms with Crippen molar-refractivity contribution in [2.75, 3.05) is 6.54 Å². The molecular weight excluding hydrogens is 321 g/mol. The van der Waals surface area contributed by atoms with Gasteiger partial charge in [0.2, 0.25) is 0 Å². The Hall–Kier alpha value is -2.57. The molecule has 0 fully saturated rings. The number of fused-ring (bicyclic) bond motifs is 1. The van der Waals surface area contributed by atoms with E-state index in [1.165, 1.54) is 6.07 Å². The molecule has 3 rings (SSSR count). The van der Waals surface area contributed by atoms with Crippen LogP contribution in [0.5, 0.6) is 5.75 Å². The quantitative estimate of drug-likeness (QED) is 0.935. The van der Waals surface area contributed by atoms with E-state index in [1.807, 2.05) is 31.2 Å². The maximum Gasteiger partial charge on any atom is 0.434 e. The summed E-state index contributed by atoms with van der Waals surface area (Å²) >= 11 is 0. The highest BCUT2D eigenvalue weighted by Gasteiger charge is 2.37. The van der Waals surface area contributed by atoms with Crippen LogP contribution in [-0.2, 0) is 6.18 Å². The van der Waals surface area contributed by atoms with E-state index >= 15 is 0 Å². The van der Waals surface area contributed by atoms with Crippen LogP contribution in [0, 0.1) is 0 Å². The van der Waals surface area contributed by atoms with Gasteiger partial charge in [-0.1, -0.05) is 25.1 Å². The molecule has 0 aliphatic carbocycles. The van der Waals surface area contributed by atoms with Crippen LogP contribution in [0.3, 0.4) is 0 Å². The molecule has 1 N–H and O–H groups in total. The minimum absolute atomic E-state index is 0.0393. The topological polar surface area (TPSA) is 51.2 Å². The van der Waals surface area contributed by atoms with E-state index < -0.39 is 23.3 Å². The van der Waals surface area contributed by atoms with E-state index in [2.05, 4.69) is 10.3 Å². The molecule has 4 nitrogen and oxygen atoms in total. The summed E-state index contributed by atoms with van der Waals surface area (Å²) in [5.74, 6) is -0.0405. The van der Waals surface area contributed by atoms with Crippen molar-refractivity contribution in [1.29, 1.82) is 0 Å². The number of rotatable bonds is 3. The number of pyridine rings is 1. The highest BCUT2D eigenvalue weighted by Crippen LogP contribution is 2.37. The van der Waals surface area contributed by atoms with Gasteiger partial charge in [0.15, 0.2) is 5.69 Å². The first-order chi connectivity index (χ1) is 11.4. The summed E-state index contributed by atoms with van der Waals surface area (Å²) < 4.78 is 44.5. The highest BCUT2D eigenvalue weighted by atomic mass is 19.4. The van der Waals surface area contributed by atoms with E-state index in [9.17, 15) is 18.0 Å². The third-order valence-corrected chi connectivity index (χ3v) is 4.03. The Bertz CT molecular complexity index is 761. The lowest BCUT2D eigenvalue weighted by atomic mass is 9.97. The molecule has 2 atom stereocenters. The van der Waals surface area contributed by atoms with Crippen LogP contribution >= 0.6 is 0 Å². The van der Waals surface area contributed by atoms with Gasteiger partial charge >= 0.3 is 6.18 Å². The van der Waals surface area contributed by atoms with E-state index in [4.69, 9.17) is 4.74 Å². The fourth-order valence-corrected chi connectivity index (χ4v) is 2.75. The molecular formula is C17H15F3N2O2. The fraction of sp³-hybridized carbons (Fsp3) is 0.294. The number of ether oxygens (including phenoxy) is 1. The molecule has 1 aromatic carbocycles. The minimum Gasteiger partial charge on any atom is -0.488 e. The maximum atomic E-state index is 12.9. The second kappa shape index (κ2) is 6.14. The summed E-state index contributed by atoms with van der Waals surface area (Å²) in [6, 6.07) is 9.91. The van der Waals surface area contributed by atoms with Crippen molar-refractivity contribution in [2.24, 2.45) is 0 Å². The zero-order chi connectivity index (χ0) is 17.3. The van der Waals surface area contributed by atoms with Gasteiger partial charge in [0.25, 0.3) is 5.91 Å². The fourth-order valence-electron chi connectivity index (χ4n) is 2.75. The Labute approximate surface area is 136 Å². The number of para-hydroxylation sites is 1. The van der Waals surface area contributed by atoms with Crippen LogP contribution in [0.25, 0.3) is 0 Å². The number of carbonyl (C=O) groups is 1. The normalized spacial score (nSPS) is 19.5. The Balaban J connectivity index is 1.70. The predicted octanol–water partition coefficient (Wildman–Crippen LogP) is 3.39. The first kappa shape index (κ1) is 16.3. The zero-order valence-electron chi connectivity index (χ0n) is 12.8. The van der Waals surface area contributed by atoms with Crippen LogP contribution in [0.1, 0.15) is 34.5 Å². The van der Waals surface area contributed by atoms with Crippen molar-refractivity contribution in [1.82, 2.24) is 10.3 Å². The van der Waals surface area contributed by atoms with Crippen LogP contribution < -0.4 is 10.1 Å². The lowest BCUT2D eigenvalue weighted by Gasteiger charge is -2.17. The summed E-state index contributed by atoms with van der Waals surface area (Å²) in [6.45, 7) is 2.06. The molecule has 0 saturated carbocycles. The molecule has 0 radical (unpaired) electrons. The molecule has 0 saturated heterocycles. The second-order valence-corrected chi connectivity index (χ2v) is 5.59. The molecule has 1 aliphatic heterocycles. The number of hydrogen-bond acceptors (Lipinski definition) is 3. The van der Waals surface area contributed by atoms with Gasteiger partial charge in [-0.05, 0) is 18.2 Å². The van der Waals surface area contributed by atoms with Gasteiger partial charge in [-0.25, -0.2) is 0 Å². The molecule has 2 heterocycles.